The van der Waals surface area contributed by atoms with Gasteiger partial charge in [0.25, 0.3) is 0 Å². The highest BCUT2D eigenvalue weighted by atomic mass is 16.2. The number of carbonyl (C=O) groups is 2. The molecule has 1 aliphatic heterocycles. The molecule has 0 aromatic carbocycles. The third-order valence-electron chi connectivity index (χ3n) is 4.58. The second-order valence-electron chi connectivity index (χ2n) is 5.86. The van der Waals surface area contributed by atoms with Gasteiger partial charge in [0.1, 0.15) is 11.6 Å². The largest absolute Gasteiger partial charge is 0.340 e. The normalized spacial score (nSPS) is 34.6. The van der Waals surface area contributed by atoms with Gasteiger partial charge in [-0.2, -0.15) is 0 Å². The highest BCUT2D eigenvalue weighted by Gasteiger charge is 2.47. The standard InChI is InChI=1S/C14H24N2O2/c1-4-14(3)13(18)16(10(2)12(17)15-14)11-8-6-5-7-9-11/h10-11H,4-9H2,1-3H3,(H,15,17). The van der Waals surface area contributed by atoms with E-state index in [1.54, 1.807) is 0 Å². The topological polar surface area (TPSA) is 49.4 Å². The molecule has 0 bridgehead atoms. The molecule has 2 aliphatic rings. The number of nitrogens with one attached hydrogen (secondary N) is 1. The summed E-state index contributed by atoms with van der Waals surface area (Å²) in [7, 11) is 0. The first-order chi connectivity index (χ1) is 8.49. The summed E-state index contributed by atoms with van der Waals surface area (Å²) in [5.74, 6) is 0.0912. The molecule has 0 radical (unpaired) electrons. The number of amides is 2. The van der Waals surface area contributed by atoms with Gasteiger partial charge in [-0.25, -0.2) is 0 Å². The molecule has 0 aromatic heterocycles. The maximum atomic E-state index is 12.6. The molecular formula is C14H24N2O2. The first-order valence-electron chi connectivity index (χ1n) is 7.14. The van der Waals surface area contributed by atoms with Crippen LogP contribution in [0.2, 0.25) is 0 Å². The molecule has 4 nitrogen and oxygen atoms in total. The summed E-state index contributed by atoms with van der Waals surface area (Å²) in [5.41, 5.74) is -0.707. The summed E-state index contributed by atoms with van der Waals surface area (Å²) in [6, 6.07) is -0.0570. The molecule has 1 saturated carbocycles. The lowest BCUT2D eigenvalue weighted by Gasteiger charge is -2.47. The van der Waals surface area contributed by atoms with E-state index in [-0.39, 0.29) is 23.9 Å². The lowest BCUT2D eigenvalue weighted by Crippen LogP contribution is -2.70. The van der Waals surface area contributed by atoms with E-state index >= 15 is 0 Å². The Bertz CT molecular complexity index is 350. The minimum atomic E-state index is -0.707. The quantitative estimate of drug-likeness (QED) is 0.815. The minimum Gasteiger partial charge on any atom is -0.340 e. The van der Waals surface area contributed by atoms with Crippen molar-refractivity contribution in [2.45, 2.75) is 76.9 Å². The molecule has 18 heavy (non-hydrogen) atoms. The fraction of sp³-hybridized carbons (Fsp3) is 0.857. The number of hydrogen-bond donors (Lipinski definition) is 1. The predicted octanol–water partition coefficient (Wildman–Crippen LogP) is 1.83. The highest BCUT2D eigenvalue weighted by Crippen LogP contribution is 2.30. The van der Waals surface area contributed by atoms with Crippen molar-refractivity contribution in [3.05, 3.63) is 0 Å². The smallest absolute Gasteiger partial charge is 0.248 e. The average molecular weight is 252 g/mol. The molecular weight excluding hydrogens is 228 g/mol. The van der Waals surface area contributed by atoms with E-state index in [1.807, 2.05) is 25.7 Å². The van der Waals surface area contributed by atoms with E-state index in [4.69, 9.17) is 0 Å². The third-order valence-corrected chi connectivity index (χ3v) is 4.58. The summed E-state index contributed by atoms with van der Waals surface area (Å²) < 4.78 is 0. The average Bonchev–Trinajstić information content (AvgIpc) is 2.38. The van der Waals surface area contributed by atoms with E-state index in [0.29, 0.717) is 6.42 Å². The summed E-state index contributed by atoms with van der Waals surface area (Å²) in [5, 5.41) is 2.88. The zero-order chi connectivity index (χ0) is 13.3. The second-order valence-corrected chi connectivity index (χ2v) is 5.86. The summed E-state index contributed by atoms with van der Waals surface area (Å²) >= 11 is 0. The van der Waals surface area contributed by atoms with Gasteiger partial charge in [-0.15, -0.1) is 0 Å². The van der Waals surface area contributed by atoms with Gasteiger partial charge >= 0.3 is 0 Å². The van der Waals surface area contributed by atoms with Crippen molar-refractivity contribution in [2.75, 3.05) is 0 Å². The summed E-state index contributed by atoms with van der Waals surface area (Å²) in [6.45, 7) is 5.64. The molecule has 1 heterocycles. The lowest BCUT2D eigenvalue weighted by molar-refractivity contribution is -0.157. The molecule has 1 N–H and O–H groups in total. The van der Waals surface area contributed by atoms with Crippen LogP contribution in [-0.2, 0) is 9.59 Å². The molecule has 0 spiro atoms. The van der Waals surface area contributed by atoms with Crippen LogP contribution in [0.3, 0.4) is 0 Å². The van der Waals surface area contributed by atoms with Crippen molar-refractivity contribution in [2.24, 2.45) is 0 Å². The zero-order valence-electron chi connectivity index (χ0n) is 11.7. The van der Waals surface area contributed by atoms with Crippen molar-refractivity contribution in [3.8, 4) is 0 Å². The van der Waals surface area contributed by atoms with Crippen LogP contribution >= 0.6 is 0 Å². The fourth-order valence-corrected chi connectivity index (χ4v) is 3.10. The van der Waals surface area contributed by atoms with Crippen LogP contribution in [0.4, 0.5) is 0 Å². The van der Waals surface area contributed by atoms with Crippen molar-refractivity contribution in [3.63, 3.8) is 0 Å². The number of rotatable bonds is 2. The molecule has 2 amide bonds. The zero-order valence-corrected chi connectivity index (χ0v) is 11.7. The Kier molecular flexibility index (Phi) is 3.64. The van der Waals surface area contributed by atoms with E-state index in [1.165, 1.54) is 19.3 Å². The molecule has 1 saturated heterocycles. The number of nitrogens with zero attached hydrogens (tertiary/aromatic N) is 1. The van der Waals surface area contributed by atoms with Crippen LogP contribution in [0, 0.1) is 0 Å². The summed E-state index contributed by atoms with van der Waals surface area (Å²) in [6.07, 6.45) is 6.33. The first kappa shape index (κ1) is 13.4. The van der Waals surface area contributed by atoms with Gasteiger partial charge in [0.2, 0.25) is 11.8 Å². The Balaban J connectivity index is 2.24. The highest BCUT2D eigenvalue weighted by molar-refractivity contribution is 5.99. The van der Waals surface area contributed by atoms with E-state index < -0.39 is 5.54 Å². The molecule has 2 fully saturated rings. The molecule has 2 rings (SSSR count). The first-order valence-corrected chi connectivity index (χ1v) is 7.14. The number of piperazine rings is 1. The molecule has 4 heteroatoms. The minimum absolute atomic E-state index is 0.00970. The Hall–Kier alpha value is -1.06. The monoisotopic (exact) mass is 252 g/mol. The van der Waals surface area contributed by atoms with Gasteiger partial charge in [-0.05, 0) is 33.1 Å². The third kappa shape index (κ3) is 2.13. The SMILES string of the molecule is CCC1(C)NC(=O)C(C)N(C2CCCCC2)C1=O. The van der Waals surface area contributed by atoms with Crippen LogP contribution < -0.4 is 5.32 Å². The maximum Gasteiger partial charge on any atom is 0.248 e. The predicted molar refractivity (Wildman–Crippen MR) is 70.0 cm³/mol. The van der Waals surface area contributed by atoms with Crippen molar-refractivity contribution in [1.29, 1.82) is 0 Å². The van der Waals surface area contributed by atoms with Crippen molar-refractivity contribution in [1.82, 2.24) is 10.2 Å². The van der Waals surface area contributed by atoms with Crippen LogP contribution in [0.1, 0.15) is 59.3 Å². The van der Waals surface area contributed by atoms with Crippen molar-refractivity contribution >= 4 is 11.8 Å². The van der Waals surface area contributed by atoms with Gasteiger partial charge in [-0.1, -0.05) is 26.2 Å². The van der Waals surface area contributed by atoms with Crippen molar-refractivity contribution < 1.29 is 9.59 Å². The molecule has 1 aliphatic carbocycles. The van der Waals surface area contributed by atoms with Crippen LogP contribution in [0.15, 0.2) is 0 Å². The number of carbonyl (C=O) groups excluding carboxylic acids is 2. The maximum absolute atomic E-state index is 12.6. The van der Waals surface area contributed by atoms with E-state index in [9.17, 15) is 9.59 Å². The molecule has 2 unspecified atom stereocenters. The van der Waals surface area contributed by atoms with Gasteiger partial charge in [0, 0.05) is 6.04 Å². The second kappa shape index (κ2) is 4.90. The fourth-order valence-electron chi connectivity index (χ4n) is 3.10. The van der Waals surface area contributed by atoms with Gasteiger partial charge in [0.15, 0.2) is 0 Å². The van der Waals surface area contributed by atoms with Gasteiger partial charge in [-0.3, -0.25) is 9.59 Å². The number of hydrogen-bond acceptors (Lipinski definition) is 2. The Morgan fingerprint density at radius 2 is 1.89 bits per heavy atom. The molecule has 2 atom stereocenters. The molecule has 0 aromatic rings. The summed E-state index contributed by atoms with van der Waals surface area (Å²) in [4.78, 5) is 26.6. The van der Waals surface area contributed by atoms with Crippen LogP contribution in [0.5, 0.6) is 0 Å². The van der Waals surface area contributed by atoms with Crippen LogP contribution in [0.25, 0.3) is 0 Å². The lowest BCUT2D eigenvalue weighted by atomic mass is 9.87. The Labute approximate surface area is 109 Å². The Morgan fingerprint density at radius 3 is 2.44 bits per heavy atom. The van der Waals surface area contributed by atoms with Gasteiger partial charge < -0.3 is 10.2 Å². The van der Waals surface area contributed by atoms with Crippen LogP contribution in [-0.4, -0.2) is 34.3 Å². The molecule has 102 valence electrons. The van der Waals surface area contributed by atoms with Gasteiger partial charge in [0.05, 0.1) is 0 Å². The van der Waals surface area contributed by atoms with E-state index in [0.717, 1.165) is 12.8 Å². The van der Waals surface area contributed by atoms with E-state index in [2.05, 4.69) is 5.32 Å². The Morgan fingerprint density at radius 1 is 1.28 bits per heavy atom.